The van der Waals surface area contributed by atoms with Crippen LogP contribution in [0.25, 0.3) is 10.1 Å². The zero-order valence-electron chi connectivity index (χ0n) is 21.5. The minimum absolute atomic E-state index is 0.0840. The van der Waals surface area contributed by atoms with E-state index in [-0.39, 0.29) is 13.2 Å². The highest BCUT2D eigenvalue weighted by molar-refractivity contribution is 7.17. The molecule has 2 aliphatic rings. The Morgan fingerprint density at radius 2 is 2.05 bits per heavy atom. The fourth-order valence-corrected chi connectivity index (χ4v) is 6.59. The normalized spacial score (nSPS) is 15.8. The maximum absolute atomic E-state index is 12.2. The summed E-state index contributed by atoms with van der Waals surface area (Å²) in [5, 5.41) is 16.4. The van der Waals surface area contributed by atoms with Crippen molar-refractivity contribution in [2.75, 3.05) is 25.3 Å². The number of anilines is 1. The molecule has 0 aliphatic carbocycles. The lowest BCUT2D eigenvalue weighted by Gasteiger charge is -2.32. The average molecular weight is 543 g/mol. The summed E-state index contributed by atoms with van der Waals surface area (Å²) in [6.07, 6.45) is 4.85. The number of thiophene rings is 1. The second-order valence-electron chi connectivity index (χ2n) is 9.97. The van der Waals surface area contributed by atoms with E-state index in [4.69, 9.17) is 19.2 Å². The van der Waals surface area contributed by atoms with Crippen molar-refractivity contribution in [1.29, 1.82) is 0 Å². The molecule has 7 nitrogen and oxygen atoms in total. The maximum Gasteiger partial charge on any atom is 0.304 e. The lowest BCUT2D eigenvalue weighted by atomic mass is 9.71. The number of hydrogen-bond acceptors (Lipinski definition) is 7. The number of nitrogens with zero attached hydrogens (tertiary/aromatic N) is 1. The van der Waals surface area contributed by atoms with Crippen LogP contribution in [0.1, 0.15) is 35.2 Å². The van der Waals surface area contributed by atoms with Gasteiger partial charge in [0.25, 0.3) is 0 Å². The first-order chi connectivity index (χ1) is 19.1. The smallest absolute Gasteiger partial charge is 0.304 e. The Hall–Kier alpha value is -4.04. The number of aromatic nitrogens is 1. The first-order valence-electron chi connectivity index (χ1n) is 13.2. The van der Waals surface area contributed by atoms with Crippen LogP contribution in [0.15, 0.2) is 78.1 Å². The Kier molecular flexibility index (Phi) is 7.11. The van der Waals surface area contributed by atoms with Crippen LogP contribution < -0.4 is 10.1 Å². The van der Waals surface area contributed by atoms with Gasteiger partial charge in [-0.15, -0.1) is 11.3 Å². The summed E-state index contributed by atoms with van der Waals surface area (Å²) in [7, 11) is 0. The van der Waals surface area contributed by atoms with Gasteiger partial charge in [-0.1, -0.05) is 36.4 Å². The van der Waals surface area contributed by atoms with Gasteiger partial charge in [0.2, 0.25) is 6.79 Å². The second kappa shape index (κ2) is 11.0. The topological polar surface area (TPSA) is 89.9 Å². The minimum Gasteiger partial charge on any atom is -0.493 e. The van der Waals surface area contributed by atoms with Gasteiger partial charge in [-0.3, -0.25) is 4.79 Å². The van der Waals surface area contributed by atoms with Crippen LogP contribution in [0, 0.1) is 0 Å². The predicted octanol–water partition coefficient (Wildman–Crippen LogP) is 6.08. The van der Waals surface area contributed by atoms with Gasteiger partial charge in [-0.05, 0) is 71.0 Å². The molecule has 200 valence electrons. The maximum atomic E-state index is 12.2. The van der Waals surface area contributed by atoms with Gasteiger partial charge in [0.05, 0.1) is 18.4 Å². The summed E-state index contributed by atoms with van der Waals surface area (Å²) in [6.45, 7) is 1.57. The number of fused-ring (bicyclic) bond motifs is 2. The molecule has 2 aromatic carbocycles. The number of carboxylic acids is 1. The molecule has 4 heterocycles. The number of rotatable bonds is 10. The molecule has 0 radical (unpaired) electrons. The van der Waals surface area contributed by atoms with Gasteiger partial charge < -0.3 is 24.6 Å². The summed E-state index contributed by atoms with van der Waals surface area (Å²) >= 11 is 1.58. The van der Waals surface area contributed by atoms with Gasteiger partial charge >= 0.3 is 5.97 Å². The number of aryl methyl sites for hydroxylation is 1. The van der Waals surface area contributed by atoms with Gasteiger partial charge in [0.15, 0.2) is 0 Å². The van der Waals surface area contributed by atoms with Gasteiger partial charge in [-0.25, -0.2) is 4.98 Å². The Morgan fingerprint density at radius 3 is 2.87 bits per heavy atom. The van der Waals surface area contributed by atoms with Crippen LogP contribution in [0.3, 0.4) is 0 Å². The number of carboxylic acid groups (broad SMARTS) is 1. The highest BCUT2D eigenvalue weighted by Gasteiger charge is 2.44. The molecule has 8 heteroatoms. The fourth-order valence-electron chi connectivity index (χ4n) is 5.51. The highest BCUT2D eigenvalue weighted by Crippen LogP contribution is 2.46. The Bertz CT molecular complexity index is 1520. The number of nitrogens with one attached hydrogen (secondary N) is 1. The minimum atomic E-state index is -0.906. The van der Waals surface area contributed by atoms with Crippen LogP contribution in [0.5, 0.6) is 5.75 Å². The second-order valence-corrected chi connectivity index (χ2v) is 10.9. The monoisotopic (exact) mass is 542 g/mol. The number of allylic oxidation sites excluding steroid dienone is 1. The molecular formula is C31H30N2O5S. The molecule has 39 heavy (non-hydrogen) atoms. The Labute approximate surface area is 231 Å². The summed E-state index contributed by atoms with van der Waals surface area (Å²) in [6, 6.07) is 20.2. The van der Waals surface area contributed by atoms with Crippen LogP contribution in [-0.2, 0) is 38.9 Å². The third-order valence-electron chi connectivity index (χ3n) is 7.39. The molecule has 4 aromatic rings. The lowest BCUT2D eigenvalue weighted by molar-refractivity contribution is -0.138. The van der Waals surface area contributed by atoms with Crippen molar-refractivity contribution in [2.24, 2.45) is 0 Å². The molecule has 0 amide bonds. The quantitative estimate of drug-likeness (QED) is 0.251. The van der Waals surface area contributed by atoms with E-state index in [1.54, 1.807) is 17.6 Å². The highest BCUT2D eigenvalue weighted by atomic mass is 32.1. The van der Waals surface area contributed by atoms with Gasteiger partial charge in [-0.2, -0.15) is 0 Å². The molecule has 1 unspecified atom stereocenters. The van der Waals surface area contributed by atoms with Crippen molar-refractivity contribution in [1.82, 2.24) is 4.98 Å². The van der Waals surface area contributed by atoms with Gasteiger partial charge in [0, 0.05) is 23.4 Å². The molecule has 2 aromatic heterocycles. The van der Waals surface area contributed by atoms with Gasteiger partial charge in [0.1, 0.15) is 23.6 Å². The number of benzene rings is 2. The zero-order chi connectivity index (χ0) is 26.7. The third-order valence-corrected chi connectivity index (χ3v) is 8.33. The first kappa shape index (κ1) is 25.2. The molecule has 0 fully saturated rings. The summed E-state index contributed by atoms with van der Waals surface area (Å²) in [4.78, 5) is 17.0. The molecular weight excluding hydrogens is 512 g/mol. The molecule has 0 saturated carbocycles. The summed E-state index contributed by atoms with van der Waals surface area (Å²) in [5.74, 6) is 1.42. The fraction of sp³-hybridized carbons (Fsp3) is 0.290. The third kappa shape index (κ3) is 5.29. The zero-order valence-corrected chi connectivity index (χ0v) is 22.3. The van der Waals surface area contributed by atoms with E-state index in [1.807, 2.05) is 53.9 Å². The van der Waals surface area contributed by atoms with Crippen molar-refractivity contribution in [3.8, 4) is 5.75 Å². The lowest BCUT2D eigenvalue weighted by Crippen LogP contribution is -2.34. The molecule has 1 atom stereocenters. The van der Waals surface area contributed by atoms with Crippen LogP contribution in [0.4, 0.5) is 5.82 Å². The molecule has 2 N–H and O–H groups in total. The number of ether oxygens (including phenoxy) is 3. The van der Waals surface area contributed by atoms with Crippen LogP contribution in [-0.4, -0.2) is 36.0 Å². The largest absolute Gasteiger partial charge is 0.493 e. The molecule has 0 bridgehead atoms. The first-order valence-corrected chi connectivity index (χ1v) is 14.1. The SMILES string of the molecule is O=C(O)CC(Cc1ccccc1)(C1=COCO1)c1csc2cc(OCCc3ccc4c(n3)NCCC4)ccc12. The van der Waals surface area contributed by atoms with Crippen LogP contribution >= 0.6 is 11.3 Å². The predicted molar refractivity (Wildman–Crippen MR) is 151 cm³/mol. The summed E-state index contributed by atoms with van der Waals surface area (Å²) < 4.78 is 18.4. The van der Waals surface area contributed by atoms with Crippen molar-refractivity contribution < 1.29 is 24.1 Å². The standard InChI is InChI=1S/C31H30N2O5S/c34-29(35)17-31(28-18-36-20-38-28,16-21-5-2-1-3-6-21)26-19-39-27-15-24(10-11-25(26)27)37-14-12-23-9-8-22-7-4-13-32-30(22)33-23/h1-3,5-6,8-11,15,18-19H,4,7,12-14,16-17,20H2,(H,32,33)(H,34,35). The van der Waals surface area contributed by atoms with Crippen molar-refractivity contribution in [2.45, 2.75) is 37.5 Å². The number of carbonyl (C=O) groups is 1. The van der Waals surface area contributed by atoms with Crippen molar-refractivity contribution in [3.05, 3.63) is 100 Å². The Balaban J connectivity index is 1.26. The number of pyridine rings is 1. The van der Waals surface area contributed by atoms with E-state index in [9.17, 15) is 9.90 Å². The summed E-state index contributed by atoms with van der Waals surface area (Å²) in [5.41, 5.74) is 3.33. The molecule has 0 saturated heterocycles. The molecule has 6 rings (SSSR count). The van der Waals surface area contributed by atoms with E-state index < -0.39 is 11.4 Å². The van der Waals surface area contributed by atoms with Crippen molar-refractivity contribution >= 4 is 33.2 Å². The average Bonchev–Trinajstić information content (AvgIpc) is 3.64. The molecule has 2 aliphatic heterocycles. The number of aliphatic carboxylic acids is 1. The van der Waals surface area contributed by atoms with E-state index in [0.29, 0.717) is 25.2 Å². The van der Waals surface area contributed by atoms with Crippen LogP contribution in [0.2, 0.25) is 0 Å². The van der Waals surface area contributed by atoms with E-state index in [0.717, 1.165) is 57.9 Å². The van der Waals surface area contributed by atoms with Crippen molar-refractivity contribution in [3.63, 3.8) is 0 Å². The van der Waals surface area contributed by atoms with E-state index >= 15 is 0 Å². The van der Waals surface area contributed by atoms with E-state index in [2.05, 4.69) is 17.4 Å². The molecule has 0 spiro atoms. The van der Waals surface area contributed by atoms with E-state index in [1.165, 1.54) is 5.56 Å². The Morgan fingerprint density at radius 1 is 1.15 bits per heavy atom. The number of hydrogen-bond donors (Lipinski definition) is 2.